The fourth-order valence-electron chi connectivity index (χ4n) is 1.43. The summed E-state index contributed by atoms with van der Waals surface area (Å²) in [5.74, 6) is -0.256. The van der Waals surface area contributed by atoms with Gasteiger partial charge in [-0.1, -0.05) is 12.1 Å². The van der Waals surface area contributed by atoms with Gasteiger partial charge in [-0.2, -0.15) is 0 Å². The van der Waals surface area contributed by atoms with Crippen molar-refractivity contribution < 1.29 is 9.50 Å². The lowest BCUT2D eigenvalue weighted by Crippen LogP contribution is -2.41. The second-order valence-electron chi connectivity index (χ2n) is 5.12. The molecule has 0 saturated carbocycles. The van der Waals surface area contributed by atoms with Crippen LogP contribution in [0, 0.1) is 5.82 Å². The highest BCUT2D eigenvalue weighted by Crippen LogP contribution is 2.07. The molecular weight excluding hydrogens is 205 g/mol. The number of β-amino-alcohol motifs (C(OH)–C–C–N with tert-alkyl or cyclic N) is 1. The number of rotatable bonds is 4. The second kappa shape index (κ2) is 5.41. The molecule has 2 N–H and O–H groups in total. The molecule has 0 fully saturated rings. The molecule has 0 heterocycles. The van der Waals surface area contributed by atoms with Crippen molar-refractivity contribution in [2.24, 2.45) is 0 Å². The van der Waals surface area contributed by atoms with Crippen molar-refractivity contribution in [3.63, 3.8) is 0 Å². The molecule has 0 aliphatic heterocycles. The van der Waals surface area contributed by atoms with Crippen LogP contribution in [0.2, 0.25) is 0 Å². The van der Waals surface area contributed by atoms with Crippen LogP contribution in [-0.4, -0.2) is 23.3 Å². The Morgan fingerprint density at radius 2 is 2.06 bits per heavy atom. The Bertz CT molecular complexity index is 333. The minimum Gasteiger partial charge on any atom is -0.391 e. The zero-order valence-electron chi connectivity index (χ0n) is 10.1. The first-order valence-electron chi connectivity index (χ1n) is 5.54. The molecule has 0 spiro atoms. The van der Waals surface area contributed by atoms with E-state index in [-0.39, 0.29) is 11.4 Å². The Morgan fingerprint density at radius 3 is 2.62 bits per heavy atom. The Labute approximate surface area is 96.5 Å². The second-order valence-corrected chi connectivity index (χ2v) is 5.12. The largest absolute Gasteiger partial charge is 0.391 e. The van der Waals surface area contributed by atoms with Gasteiger partial charge in [0.05, 0.1) is 6.10 Å². The molecule has 0 bridgehead atoms. The summed E-state index contributed by atoms with van der Waals surface area (Å²) >= 11 is 0. The fraction of sp³-hybridized carbons (Fsp3) is 0.538. The smallest absolute Gasteiger partial charge is 0.123 e. The molecule has 0 saturated heterocycles. The maximum absolute atomic E-state index is 12.9. The summed E-state index contributed by atoms with van der Waals surface area (Å²) in [7, 11) is 0. The Morgan fingerprint density at radius 1 is 1.38 bits per heavy atom. The summed E-state index contributed by atoms with van der Waals surface area (Å²) in [5.41, 5.74) is 0.811. The van der Waals surface area contributed by atoms with E-state index in [2.05, 4.69) is 5.32 Å². The minimum atomic E-state index is -0.485. The van der Waals surface area contributed by atoms with Crippen LogP contribution in [0.1, 0.15) is 26.3 Å². The third-order valence-corrected chi connectivity index (χ3v) is 2.23. The normalized spacial score (nSPS) is 13.8. The zero-order valence-corrected chi connectivity index (χ0v) is 10.1. The van der Waals surface area contributed by atoms with Gasteiger partial charge in [0.25, 0.3) is 0 Å². The lowest BCUT2D eigenvalue weighted by atomic mass is 10.1. The van der Waals surface area contributed by atoms with E-state index in [1.165, 1.54) is 12.1 Å². The molecule has 90 valence electrons. The van der Waals surface area contributed by atoms with Gasteiger partial charge >= 0.3 is 0 Å². The van der Waals surface area contributed by atoms with Crippen LogP contribution >= 0.6 is 0 Å². The van der Waals surface area contributed by atoms with Gasteiger partial charge in [0.2, 0.25) is 0 Å². The van der Waals surface area contributed by atoms with Crippen LogP contribution in [0.15, 0.2) is 24.3 Å². The molecule has 0 radical (unpaired) electrons. The third-order valence-electron chi connectivity index (χ3n) is 2.23. The summed E-state index contributed by atoms with van der Waals surface area (Å²) < 4.78 is 12.9. The van der Waals surface area contributed by atoms with Crippen molar-refractivity contribution in [3.05, 3.63) is 35.6 Å². The molecule has 16 heavy (non-hydrogen) atoms. The van der Waals surface area contributed by atoms with Gasteiger partial charge in [-0.3, -0.25) is 0 Å². The maximum atomic E-state index is 12.9. The van der Waals surface area contributed by atoms with E-state index in [0.717, 1.165) is 5.56 Å². The maximum Gasteiger partial charge on any atom is 0.123 e. The van der Waals surface area contributed by atoms with Crippen LogP contribution in [0.5, 0.6) is 0 Å². The molecule has 0 aromatic heterocycles. The van der Waals surface area contributed by atoms with Gasteiger partial charge < -0.3 is 10.4 Å². The van der Waals surface area contributed by atoms with Gasteiger partial charge in [0.15, 0.2) is 0 Å². The monoisotopic (exact) mass is 225 g/mol. The van der Waals surface area contributed by atoms with Gasteiger partial charge in [0.1, 0.15) is 5.82 Å². The number of hydrogen-bond acceptors (Lipinski definition) is 2. The quantitative estimate of drug-likeness (QED) is 0.822. The van der Waals surface area contributed by atoms with Gasteiger partial charge in [-0.05, 0) is 44.9 Å². The van der Waals surface area contributed by atoms with Crippen molar-refractivity contribution in [2.45, 2.75) is 38.8 Å². The highest BCUT2D eigenvalue weighted by atomic mass is 19.1. The third kappa shape index (κ3) is 5.24. The molecular formula is C13H20FNO. The van der Waals surface area contributed by atoms with Crippen molar-refractivity contribution in [2.75, 3.05) is 6.54 Å². The van der Waals surface area contributed by atoms with E-state index in [9.17, 15) is 9.50 Å². The highest BCUT2D eigenvalue weighted by Gasteiger charge is 2.12. The Kier molecular flexibility index (Phi) is 4.44. The van der Waals surface area contributed by atoms with Crippen LogP contribution in [0.3, 0.4) is 0 Å². The first-order chi connectivity index (χ1) is 7.37. The molecule has 0 amide bonds. The van der Waals surface area contributed by atoms with Crippen LogP contribution in [0.25, 0.3) is 0 Å². The summed E-state index contributed by atoms with van der Waals surface area (Å²) in [6, 6.07) is 6.35. The van der Waals surface area contributed by atoms with E-state index in [0.29, 0.717) is 13.0 Å². The molecule has 1 aromatic carbocycles. The molecule has 1 aromatic rings. The average molecular weight is 225 g/mol. The minimum absolute atomic E-state index is 0.0110. The summed E-state index contributed by atoms with van der Waals surface area (Å²) in [6.45, 7) is 6.64. The van der Waals surface area contributed by atoms with E-state index in [1.807, 2.05) is 26.8 Å². The summed E-state index contributed by atoms with van der Waals surface area (Å²) in [4.78, 5) is 0. The van der Waals surface area contributed by atoms with Gasteiger partial charge in [0, 0.05) is 12.1 Å². The number of aliphatic hydroxyl groups is 1. The van der Waals surface area contributed by atoms with E-state index in [1.54, 1.807) is 6.07 Å². The molecule has 1 rings (SSSR count). The molecule has 0 aliphatic carbocycles. The molecule has 3 heteroatoms. The van der Waals surface area contributed by atoms with Crippen molar-refractivity contribution in [1.82, 2.24) is 5.32 Å². The zero-order chi connectivity index (χ0) is 12.2. The van der Waals surface area contributed by atoms with Crippen molar-refractivity contribution >= 4 is 0 Å². The predicted molar refractivity (Wildman–Crippen MR) is 63.9 cm³/mol. The Hall–Kier alpha value is -0.930. The molecule has 1 atom stereocenters. The number of benzene rings is 1. The SMILES string of the molecule is CC(C)(C)NCC(O)Cc1cccc(F)c1. The standard InChI is InChI=1S/C13H20FNO/c1-13(2,3)15-9-12(16)8-10-5-4-6-11(14)7-10/h4-7,12,15-16H,8-9H2,1-3H3. The predicted octanol–water partition coefficient (Wildman–Crippen LogP) is 2.12. The van der Waals surface area contributed by atoms with Crippen molar-refractivity contribution in [1.29, 1.82) is 0 Å². The van der Waals surface area contributed by atoms with Crippen LogP contribution in [0.4, 0.5) is 4.39 Å². The first-order valence-corrected chi connectivity index (χ1v) is 5.54. The van der Waals surface area contributed by atoms with Gasteiger partial charge in [-0.15, -0.1) is 0 Å². The van der Waals surface area contributed by atoms with E-state index >= 15 is 0 Å². The molecule has 2 nitrogen and oxygen atoms in total. The Balaban J connectivity index is 2.43. The number of nitrogens with one attached hydrogen (secondary N) is 1. The van der Waals surface area contributed by atoms with E-state index in [4.69, 9.17) is 0 Å². The number of halogens is 1. The lowest BCUT2D eigenvalue weighted by molar-refractivity contribution is 0.161. The average Bonchev–Trinajstić information content (AvgIpc) is 2.14. The lowest BCUT2D eigenvalue weighted by Gasteiger charge is -2.22. The van der Waals surface area contributed by atoms with Crippen molar-refractivity contribution in [3.8, 4) is 0 Å². The topological polar surface area (TPSA) is 32.3 Å². The number of hydrogen-bond donors (Lipinski definition) is 2. The highest BCUT2D eigenvalue weighted by molar-refractivity contribution is 5.17. The van der Waals surface area contributed by atoms with E-state index < -0.39 is 6.10 Å². The summed E-state index contributed by atoms with van der Waals surface area (Å²) in [6.07, 6.45) is -0.0121. The molecule has 1 unspecified atom stereocenters. The summed E-state index contributed by atoms with van der Waals surface area (Å²) in [5, 5.41) is 13.0. The molecule has 0 aliphatic rings. The first kappa shape index (κ1) is 13.1. The van der Waals surface area contributed by atoms with Gasteiger partial charge in [-0.25, -0.2) is 4.39 Å². The van der Waals surface area contributed by atoms with Crippen LogP contribution < -0.4 is 5.32 Å². The fourth-order valence-corrected chi connectivity index (χ4v) is 1.43. The van der Waals surface area contributed by atoms with Crippen LogP contribution in [-0.2, 0) is 6.42 Å². The number of aliphatic hydroxyl groups excluding tert-OH is 1.